The van der Waals surface area contributed by atoms with Crippen molar-refractivity contribution in [3.8, 4) is 0 Å². The van der Waals surface area contributed by atoms with E-state index in [0.29, 0.717) is 6.04 Å². The van der Waals surface area contributed by atoms with E-state index < -0.39 is 0 Å². The first-order valence-electron chi connectivity index (χ1n) is 4.75. The minimum atomic E-state index is 0.257. The van der Waals surface area contributed by atoms with E-state index >= 15 is 0 Å². The van der Waals surface area contributed by atoms with E-state index in [4.69, 9.17) is 4.74 Å². The van der Waals surface area contributed by atoms with Gasteiger partial charge in [0.25, 0.3) is 0 Å². The number of morpholine rings is 1. The summed E-state index contributed by atoms with van der Waals surface area (Å²) >= 11 is 0. The third kappa shape index (κ3) is 1.09. The van der Waals surface area contributed by atoms with Crippen LogP contribution in [-0.2, 0) is 4.74 Å². The predicted molar refractivity (Wildman–Crippen MR) is 44.6 cm³/mol. The van der Waals surface area contributed by atoms with Crippen molar-refractivity contribution in [2.75, 3.05) is 13.2 Å². The molecule has 0 aromatic carbocycles. The lowest BCUT2D eigenvalue weighted by atomic mass is 9.73. The van der Waals surface area contributed by atoms with Crippen LogP contribution in [0.4, 0.5) is 0 Å². The van der Waals surface area contributed by atoms with Gasteiger partial charge in [0, 0.05) is 12.6 Å². The molecule has 0 bridgehead atoms. The fourth-order valence-electron chi connectivity index (χ4n) is 2.31. The highest BCUT2D eigenvalue weighted by Crippen LogP contribution is 2.40. The summed E-state index contributed by atoms with van der Waals surface area (Å²) < 4.78 is 5.84. The lowest BCUT2D eigenvalue weighted by molar-refractivity contribution is -0.144. The van der Waals surface area contributed by atoms with Crippen molar-refractivity contribution < 1.29 is 4.74 Å². The van der Waals surface area contributed by atoms with Gasteiger partial charge in [-0.25, -0.2) is 0 Å². The van der Waals surface area contributed by atoms with Crippen LogP contribution in [0.15, 0.2) is 0 Å². The molecule has 1 aliphatic heterocycles. The van der Waals surface area contributed by atoms with Crippen molar-refractivity contribution in [3.05, 3.63) is 0 Å². The summed E-state index contributed by atoms with van der Waals surface area (Å²) in [6.07, 6.45) is 5.12. The minimum absolute atomic E-state index is 0.257. The third-order valence-corrected chi connectivity index (χ3v) is 3.13. The molecule has 1 atom stereocenters. The van der Waals surface area contributed by atoms with Gasteiger partial charge in [0.15, 0.2) is 0 Å². The zero-order valence-corrected chi connectivity index (χ0v) is 7.23. The highest BCUT2D eigenvalue weighted by molar-refractivity contribution is 5.01. The van der Waals surface area contributed by atoms with Gasteiger partial charge in [-0.15, -0.1) is 0 Å². The molecule has 0 radical (unpaired) electrons. The summed E-state index contributed by atoms with van der Waals surface area (Å²) in [7, 11) is 0. The molecule has 0 aromatic rings. The van der Waals surface area contributed by atoms with Crippen LogP contribution < -0.4 is 5.32 Å². The summed E-state index contributed by atoms with van der Waals surface area (Å²) in [4.78, 5) is 0. The van der Waals surface area contributed by atoms with E-state index in [0.717, 1.165) is 13.2 Å². The van der Waals surface area contributed by atoms with E-state index in [9.17, 15) is 0 Å². The van der Waals surface area contributed by atoms with Crippen molar-refractivity contribution >= 4 is 0 Å². The van der Waals surface area contributed by atoms with Gasteiger partial charge >= 0.3 is 0 Å². The Kier molecular flexibility index (Phi) is 1.90. The zero-order chi connectivity index (χ0) is 7.73. The molecule has 1 aliphatic carbocycles. The standard InChI is InChI=1S/C9H17NO/c1-2-8-9(4-3-5-9)11-7-6-10-8/h8,10H,2-7H2,1H3. The molecular formula is C9H17NO. The molecule has 2 rings (SSSR count). The summed E-state index contributed by atoms with van der Waals surface area (Å²) in [6, 6.07) is 0.630. The molecule has 11 heavy (non-hydrogen) atoms. The smallest absolute Gasteiger partial charge is 0.0835 e. The predicted octanol–water partition coefficient (Wildman–Crippen LogP) is 1.31. The molecule has 1 spiro atoms. The van der Waals surface area contributed by atoms with Crippen molar-refractivity contribution in [2.45, 2.75) is 44.2 Å². The molecule has 1 unspecified atom stereocenters. The van der Waals surface area contributed by atoms with Crippen LogP contribution in [0.2, 0.25) is 0 Å². The molecule has 2 heteroatoms. The van der Waals surface area contributed by atoms with E-state index in [1.165, 1.54) is 25.7 Å². The maximum Gasteiger partial charge on any atom is 0.0835 e. The van der Waals surface area contributed by atoms with E-state index in [1.807, 2.05) is 0 Å². The Hall–Kier alpha value is -0.0800. The normalized spacial score (nSPS) is 35.2. The second kappa shape index (κ2) is 2.76. The van der Waals surface area contributed by atoms with Gasteiger partial charge < -0.3 is 10.1 Å². The Labute approximate surface area is 68.3 Å². The van der Waals surface area contributed by atoms with Gasteiger partial charge in [-0.2, -0.15) is 0 Å². The maximum absolute atomic E-state index is 5.84. The molecular weight excluding hydrogens is 138 g/mol. The molecule has 0 aromatic heterocycles. The lowest BCUT2D eigenvalue weighted by Gasteiger charge is -2.50. The van der Waals surface area contributed by atoms with Gasteiger partial charge in [0.2, 0.25) is 0 Å². The lowest BCUT2D eigenvalue weighted by Crippen LogP contribution is -2.61. The number of rotatable bonds is 1. The van der Waals surface area contributed by atoms with Gasteiger partial charge in [-0.3, -0.25) is 0 Å². The Morgan fingerprint density at radius 3 is 2.82 bits per heavy atom. The molecule has 2 nitrogen and oxygen atoms in total. The number of ether oxygens (including phenoxy) is 1. The molecule has 1 saturated heterocycles. The Balaban J connectivity index is 2.02. The fourth-order valence-corrected chi connectivity index (χ4v) is 2.31. The van der Waals surface area contributed by atoms with Gasteiger partial charge in [0.1, 0.15) is 0 Å². The highest BCUT2D eigenvalue weighted by atomic mass is 16.5. The highest BCUT2D eigenvalue weighted by Gasteiger charge is 2.45. The van der Waals surface area contributed by atoms with Crippen LogP contribution >= 0.6 is 0 Å². The molecule has 2 aliphatic rings. The molecule has 1 heterocycles. The van der Waals surface area contributed by atoms with Gasteiger partial charge in [-0.05, 0) is 25.7 Å². The van der Waals surface area contributed by atoms with Crippen LogP contribution in [0.1, 0.15) is 32.6 Å². The largest absolute Gasteiger partial charge is 0.372 e. The molecule has 1 N–H and O–H groups in total. The Bertz CT molecular complexity index is 142. The maximum atomic E-state index is 5.84. The van der Waals surface area contributed by atoms with Crippen molar-refractivity contribution in [1.82, 2.24) is 5.32 Å². The molecule has 64 valence electrons. The Morgan fingerprint density at radius 1 is 1.55 bits per heavy atom. The first-order chi connectivity index (χ1) is 5.37. The van der Waals surface area contributed by atoms with Gasteiger partial charge in [-0.1, -0.05) is 6.92 Å². The topological polar surface area (TPSA) is 21.3 Å². The summed E-state index contributed by atoms with van der Waals surface area (Å²) in [5, 5.41) is 3.54. The van der Waals surface area contributed by atoms with Crippen molar-refractivity contribution in [3.63, 3.8) is 0 Å². The van der Waals surface area contributed by atoms with Crippen LogP contribution in [0.25, 0.3) is 0 Å². The first-order valence-corrected chi connectivity index (χ1v) is 4.75. The SMILES string of the molecule is CCC1NCCOC12CCC2. The quantitative estimate of drug-likeness (QED) is 0.616. The molecule has 0 amide bonds. The van der Waals surface area contributed by atoms with Crippen LogP contribution in [0.5, 0.6) is 0 Å². The monoisotopic (exact) mass is 155 g/mol. The second-order valence-electron chi connectivity index (χ2n) is 3.68. The average Bonchev–Trinajstić information content (AvgIpc) is 2.01. The van der Waals surface area contributed by atoms with Crippen molar-refractivity contribution in [2.24, 2.45) is 0 Å². The fraction of sp³-hybridized carbons (Fsp3) is 1.00. The summed E-state index contributed by atoms with van der Waals surface area (Å²) in [5.74, 6) is 0. The van der Waals surface area contributed by atoms with Gasteiger partial charge in [0.05, 0.1) is 12.2 Å². The third-order valence-electron chi connectivity index (χ3n) is 3.13. The minimum Gasteiger partial charge on any atom is -0.372 e. The van der Waals surface area contributed by atoms with Crippen LogP contribution in [0.3, 0.4) is 0 Å². The Morgan fingerprint density at radius 2 is 2.36 bits per heavy atom. The van der Waals surface area contributed by atoms with E-state index in [2.05, 4.69) is 12.2 Å². The number of hydrogen-bond acceptors (Lipinski definition) is 2. The number of hydrogen-bond donors (Lipinski definition) is 1. The molecule has 2 fully saturated rings. The number of nitrogens with one attached hydrogen (secondary N) is 1. The molecule has 1 saturated carbocycles. The van der Waals surface area contributed by atoms with Crippen molar-refractivity contribution in [1.29, 1.82) is 0 Å². The van der Waals surface area contributed by atoms with E-state index in [1.54, 1.807) is 0 Å². The average molecular weight is 155 g/mol. The second-order valence-corrected chi connectivity index (χ2v) is 3.68. The first kappa shape index (κ1) is 7.56. The van der Waals surface area contributed by atoms with E-state index in [-0.39, 0.29) is 5.60 Å². The summed E-state index contributed by atoms with van der Waals surface area (Å²) in [6.45, 7) is 4.20. The summed E-state index contributed by atoms with van der Waals surface area (Å²) in [5.41, 5.74) is 0.257. The van der Waals surface area contributed by atoms with Crippen LogP contribution in [0, 0.1) is 0 Å². The van der Waals surface area contributed by atoms with Crippen LogP contribution in [-0.4, -0.2) is 24.8 Å². The zero-order valence-electron chi connectivity index (χ0n) is 7.23.